The molecule has 0 radical (unpaired) electrons. The van der Waals surface area contributed by atoms with Crippen LogP contribution in [0.5, 0.6) is 0 Å². The third-order valence-electron chi connectivity index (χ3n) is 2.89. The van der Waals surface area contributed by atoms with Crippen LogP contribution in [-0.2, 0) is 10.0 Å². The average molecular weight is 303 g/mol. The predicted molar refractivity (Wildman–Crippen MR) is 80.7 cm³/mol. The second-order valence-electron chi connectivity index (χ2n) is 4.09. The van der Waals surface area contributed by atoms with E-state index in [0.29, 0.717) is 0 Å². The predicted octanol–water partition coefficient (Wildman–Crippen LogP) is 1.35. The summed E-state index contributed by atoms with van der Waals surface area (Å²) in [7, 11) is -3.76. The van der Waals surface area contributed by atoms with Crippen molar-refractivity contribution >= 4 is 27.5 Å². The Balaban J connectivity index is 2.75. The van der Waals surface area contributed by atoms with Crippen molar-refractivity contribution in [1.82, 2.24) is 4.90 Å². The third-order valence-corrected chi connectivity index (χ3v) is 4.91. The second-order valence-corrected chi connectivity index (χ2v) is 6.75. The Morgan fingerprint density at radius 1 is 1.26 bits per heavy atom. The molecule has 0 amide bonds. The Kier molecular flexibility index (Phi) is 6.12. The lowest BCUT2D eigenvalue weighted by Gasteiger charge is -2.17. The Morgan fingerprint density at radius 2 is 1.89 bits per heavy atom. The molecule has 0 spiro atoms. The van der Waals surface area contributed by atoms with E-state index in [1.165, 1.54) is 6.07 Å². The van der Waals surface area contributed by atoms with Gasteiger partial charge in [0.05, 0.1) is 5.69 Å². The van der Waals surface area contributed by atoms with Crippen molar-refractivity contribution in [2.24, 2.45) is 5.14 Å². The molecule has 1 aromatic carbocycles. The van der Waals surface area contributed by atoms with E-state index in [0.717, 1.165) is 30.3 Å². The quantitative estimate of drug-likeness (QED) is 0.586. The number of rotatable bonds is 7. The maximum absolute atomic E-state index is 11.4. The largest absolute Gasteiger partial charge is 0.397 e. The van der Waals surface area contributed by atoms with Crippen LogP contribution in [0.1, 0.15) is 13.8 Å². The van der Waals surface area contributed by atoms with Gasteiger partial charge in [0.15, 0.2) is 0 Å². The van der Waals surface area contributed by atoms with Crippen LogP contribution in [0.3, 0.4) is 0 Å². The highest BCUT2D eigenvalue weighted by Gasteiger charge is 2.14. The molecule has 0 saturated heterocycles. The third kappa shape index (κ3) is 4.68. The molecule has 0 atom stereocenters. The van der Waals surface area contributed by atoms with Crippen LogP contribution in [0, 0.1) is 0 Å². The average Bonchev–Trinajstić information content (AvgIpc) is 2.35. The van der Waals surface area contributed by atoms with E-state index in [1.807, 2.05) is 6.07 Å². The van der Waals surface area contributed by atoms with Crippen LogP contribution >= 0.6 is 11.8 Å². The van der Waals surface area contributed by atoms with E-state index >= 15 is 0 Å². The van der Waals surface area contributed by atoms with Gasteiger partial charge >= 0.3 is 0 Å². The molecule has 0 aliphatic rings. The molecule has 5 nitrogen and oxygen atoms in total. The fraction of sp³-hybridized carbons (Fsp3) is 0.500. The van der Waals surface area contributed by atoms with E-state index in [4.69, 9.17) is 10.9 Å². The summed E-state index contributed by atoms with van der Waals surface area (Å²) in [5.74, 6) is 0.861. The molecule has 7 heteroatoms. The number of nitrogens with two attached hydrogens (primary N) is 2. The maximum atomic E-state index is 11.4. The number of nitrogen functional groups attached to an aromatic ring is 1. The van der Waals surface area contributed by atoms with Crippen LogP contribution in [-0.4, -0.2) is 38.7 Å². The molecule has 19 heavy (non-hydrogen) atoms. The van der Waals surface area contributed by atoms with Crippen LogP contribution < -0.4 is 10.9 Å². The van der Waals surface area contributed by atoms with E-state index in [-0.39, 0.29) is 10.6 Å². The molecule has 0 bridgehead atoms. The topological polar surface area (TPSA) is 89.4 Å². The molecule has 108 valence electrons. The van der Waals surface area contributed by atoms with Gasteiger partial charge in [-0.25, -0.2) is 13.6 Å². The van der Waals surface area contributed by atoms with Crippen LogP contribution in [0.25, 0.3) is 0 Å². The number of thioether (sulfide) groups is 1. The fourth-order valence-corrected chi connectivity index (χ4v) is 3.48. The van der Waals surface area contributed by atoms with Crippen LogP contribution in [0.2, 0.25) is 0 Å². The highest BCUT2D eigenvalue weighted by atomic mass is 32.2. The number of sulfonamides is 1. The second kappa shape index (κ2) is 7.14. The van der Waals surface area contributed by atoms with E-state index in [2.05, 4.69) is 18.7 Å². The Morgan fingerprint density at radius 3 is 2.42 bits per heavy atom. The molecule has 0 fully saturated rings. The van der Waals surface area contributed by atoms with Gasteiger partial charge in [0.1, 0.15) is 4.90 Å². The van der Waals surface area contributed by atoms with Gasteiger partial charge in [0.2, 0.25) is 10.0 Å². The highest BCUT2D eigenvalue weighted by Crippen LogP contribution is 2.29. The Hall–Kier alpha value is -0.760. The number of nitrogens with zero attached hydrogens (tertiary/aromatic N) is 1. The zero-order chi connectivity index (χ0) is 14.5. The van der Waals surface area contributed by atoms with Crippen LogP contribution in [0.4, 0.5) is 5.69 Å². The van der Waals surface area contributed by atoms with Gasteiger partial charge in [-0.3, -0.25) is 0 Å². The summed E-state index contributed by atoms with van der Waals surface area (Å²) in [4.78, 5) is 3.06. The van der Waals surface area contributed by atoms with Gasteiger partial charge < -0.3 is 10.6 Å². The first-order valence-electron chi connectivity index (χ1n) is 6.16. The zero-order valence-electron chi connectivity index (χ0n) is 11.3. The smallest absolute Gasteiger partial charge is 0.240 e. The molecule has 0 aliphatic carbocycles. The summed E-state index contributed by atoms with van der Waals surface area (Å²) in [6, 6.07) is 4.91. The normalized spacial score (nSPS) is 12.0. The van der Waals surface area contributed by atoms with Gasteiger partial charge in [-0.05, 0) is 25.2 Å². The summed E-state index contributed by atoms with van der Waals surface area (Å²) < 4.78 is 22.7. The summed E-state index contributed by atoms with van der Waals surface area (Å²) in [6.45, 7) is 7.18. The van der Waals surface area contributed by atoms with Crippen molar-refractivity contribution in [3.63, 3.8) is 0 Å². The summed E-state index contributed by atoms with van der Waals surface area (Å²) in [6.07, 6.45) is 0. The molecule has 4 N–H and O–H groups in total. The molecule has 0 aliphatic heterocycles. The first kappa shape index (κ1) is 16.3. The maximum Gasteiger partial charge on any atom is 0.240 e. The molecule has 0 saturated carbocycles. The molecular weight excluding hydrogens is 282 g/mol. The molecule has 0 unspecified atom stereocenters. The summed E-state index contributed by atoms with van der Waals surface area (Å²) >= 11 is 1.55. The molecule has 1 aromatic rings. The highest BCUT2D eigenvalue weighted by molar-refractivity contribution is 7.99. The van der Waals surface area contributed by atoms with Crippen molar-refractivity contribution in [2.75, 3.05) is 31.1 Å². The minimum absolute atomic E-state index is 0.000314. The van der Waals surface area contributed by atoms with Gasteiger partial charge in [-0.15, -0.1) is 11.8 Å². The summed E-state index contributed by atoms with van der Waals surface area (Å²) in [5.41, 5.74) is 6.10. The molecule has 1 rings (SSSR count). The molecular formula is C12H21N3O2S2. The lowest BCUT2D eigenvalue weighted by molar-refractivity contribution is 0.324. The zero-order valence-corrected chi connectivity index (χ0v) is 12.9. The number of anilines is 1. The van der Waals surface area contributed by atoms with Crippen molar-refractivity contribution in [3.8, 4) is 0 Å². The SMILES string of the molecule is CCN(CC)CCSc1cccc(S(N)(=O)=O)c1N. The standard InChI is InChI=1S/C12H21N3O2S2/c1-3-15(4-2)8-9-18-10-6-5-7-11(12(10)13)19(14,16)17/h5-7H,3-4,8-9,13H2,1-2H3,(H2,14,16,17). The van der Waals surface area contributed by atoms with Gasteiger partial charge in [-0.2, -0.15) is 0 Å². The number of benzene rings is 1. The first-order valence-corrected chi connectivity index (χ1v) is 8.69. The van der Waals surface area contributed by atoms with Gasteiger partial charge in [0.25, 0.3) is 0 Å². The Bertz CT molecular complexity index is 514. The first-order chi connectivity index (χ1) is 8.90. The number of hydrogen-bond acceptors (Lipinski definition) is 5. The van der Waals surface area contributed by atoms with E-state index in [9.17, 15) is 8.42 Å². The number of hydrogen-bond donors (Lipinski definition) is 2. The van der Waals surface area contributed by atoms with Crippen molar-refractivity contribution < 1.29 is 8.42 Å². The minimum Gasteiger partial charge on any atom is -0.397 e. The van der Waals surface area contributed by atoms with E-state index in [1.54, 1.807) is 17.8 Å². The van der Waals surface area contributed by atoms with Gasteiger partial charge in [0, 0.05) is 17.2 Å². The molecule has 0 heterocycles. The molecule has 0 aromatic heterocycles. The van der Waals surface area contributed by atoms with Crippen molar-refractivity contribution in [2.45, 2.75) is 23.6 Å². The monoisotopic (exact) mass is 303 g/mol. The Labute approximate surface area is 119 Å². The van der Waals surface area contributed by atoms with E-state index < -0.39 is 10.0 Å². The van der Waals surface area contributed by atoms with Crippen LogP contribution in [0.15, 0.2) is 28.0 Å². The fourth-order valence-electron chi connectivity index (χ4n) is 1.72. The minimum atomic E-state index is -3.76. The lowest BCUT2D eigenvalue weighted by Crippen LogP contribution is -2.25. The van der Waals surface area contributed by atoms with Crippen molar-refractivity contribution in [1.29, 1.82) is 0 Å². The number of primary sulfonamides is 1. The van der Waals surface area contributed by atoms with Crippen molar-refractivity contribution in [3.05, 3.63) is 18.2 Å². The lowest BCUT2D eigenvalue weighted by atomic mass is 10.3. The number of para-hydroxylation sites is 1. The van der Waals surface area contributed by atoms with Gasteiger partial charge in [-0.1, -0.05) is 19.9 Å². The summed E-state index contributed by atoms with van der Waals surface area (Å²) in [5, 5.41) is 5.12.